The first-order valence-electron chi connectivity index (χ1n) is 12.3. The number of para-hydroxylation sites is 1. The van der Waals surface area contributed by atoms with Crippen LogP contribution in [0.3, 0.4) is 0 Å². The Morgan fingerprint density at radius 3 is 2.48 bits per heavy atom. The molecule has 14 heteroatoms. The van der Waals surface area contributed by atoms with Crippen molar-refractivity contribution in [2.24, 2.45) is 0 Å². The zero-order valence-corrected chi connectivity index (χ0v) is 22.6. The lowest BCUT2D eigenvalue weighted by Gasteiger charge is -2.27. The van der Waals surface area contributed by atoms with E-state index in [1.54, 1.807) is 54.6 Å². The highest BCUT2D eigenvalue weighted by molar-refractivity contribution is 7.36. The molecule has 0 radical (unpaired) electrons. The van der Waals surface area contributed by atoms with Gasteiger partial charge in [0.1, 0.15) is 30.6 Å². The molecule has 0 bridgehead atoms. The van der Waals surface area contributed by atoms with E-state index >= 15 is 4.39 Å². The molecule has 6 atom stereocenters. The molecule has 3 aromatic rings. The Labute approximate surface area is 228 Å². The van der Waals surface area contributed by atoms with Crippen molar-refractivity contribution in [1.82, 2.24) is 14.4 Å². The molecule has 0 amide bonds. The van der Waals surface area contributed by atoms with Crippen molar-refractivity contribution in [1.29, 1.82) is 0 Å². The van der Waals surface area contributed by atoms with Crippen LogP contribution in [0.25, 0.3) is 0 Å². The smallest absolute Gasteiger partial charge is 0.331 e. The number of aromatic amines is 1. The van der Waals surface area contributed by atoms with Gasteiger partial charge in [-0.15, -0.1) is 0 Å². The van der Waals surface area contributed by atoms with Gasteiger partial charge in [-0.1, -0.05) is 53.4 Å². The van der Waals surface area contributed by atoms with Crippen LogP contribution in [0, 0.1) is 0 Å². The first-order valence-corrected chi connectivity index (χ1v) is 13.6. The highest BCUT2D eigenvalue weighted by Gasteiger charge is 2.55. The molecule has 1 aromatic heterocycles. The minimum atomic E-state index is -3.28. The Bertz CT molecular complexity index is 1430. The van der Waals surface area contributed by atoms with Gasteiger partial charge in [0.05, 0.1) is 6.61 Å². The van der Waals surface area contributed by atoms with Gasteiger partial charge in [-0.25, -0.2) is 9.18 Å². The van der Waals surface area contributed by atoms with Gasteiger partial charge < -0.3 is 19.1 Å². The summed E-state index contributed by atoms with van der Waals surface area (Å²) >= 11 is 0. The molecule has 1 saturated heterocycles. The molecule has 0 saturated carbocycles. The number of carbonyl (C=O) groups excluding carboxylic acids is 1. The van der Waals surface area contributed by atoms with Crippen LogP contribution in [-0.2, 0) is 30.3 Å². The molecule has 1 aliphatic heterocycles. The van der Waals surface area contributed by atoms with Gasteiger partial charge in [0.15, 0.2) is 11.9 Å². The molecule has 2 N–H and O–H groups in total. The van der Waals surface area contributed by atoms with E-state index < -0.39 is 62.2 Å². The zero-order valence-electron chi connectivity index (χ0n) is 21.6. The third kappa shape index (κ3) is 6.75. The van der Waals surface area contributed by atoms with Crippen molar-refractivity contribution in [3.8, 4) is 5.75 Å². The molecule has 4 rings (SSSR count). The van der Waals surface area contributed by atoms with Crippen molar-refractivity contribution >= 4 is 14.1 Å². The lowest BCUT2D eigenvalue weighted by molar-refractivity contribution is -0.181. The Morgan fingerprint density at radius 2 is 1.82 bits per heavy atom. The number of carbonyl (C=O) groups is 1. The Morgan fingerprint density at radius 1 is 1.18 bits per heavy atom. The summed E-state index contributed by atoms with van der Waals surface area (Å²) < 4.78 is 46.0. The highest BCUT2D eigenvalue weighted by Crippen LogP contribution is 2.41. The maximum absolute atomic E-state index is 15.6. The van der Waals surface area contributed by atoms with Crippen LogP contribution in [0.5, 0.6) is 5.75 Å². The summed E-state index contributed by atoms with van der Waals surface area (Å²) in [6.07, 6.45) is -3.72. The van der Waals surface area contributed by atoms with E-state index in [0.29, 0.717) is 0 Å². The van der Waals surface area contributed by atoms with E-state index in [0.717, 1.165) is 34.2 Å². The number of alkyl halides is 1. The number of hydrogen-bond acceptors (Lipinski definition) is 9. The number of H-pyrrole nitrogens is 1. The van der Waals surface area contributed by atoms with Crippen molar-refractivity contribution in [2.45, 2.75) is 50.6 Å². The van der Waals surface area contributed by atoms with Gasteiger partial charge in [0.2, 0.25) is 0 Å². The standard InChI is InChI=1S/C26H29FN3O9P/c1-17(23(33)36-15-18-9-5-3-6-10-18)30(40(35)39-19-11-7-4-8-12-19)37-16-20-22(32)26(2,27)24(38-20)29-14-13-21(31)28-25(29)34/h3-14,17,20,22,24,32,40H,15-16H2,1-2H3,(H,28,31,34)/t17-,20+,22+,24+,26+/m0/s1. The molecule has 12 nitrogen and oxygen atoms in total. The maximum Gasteiger partial charge on any atom is 0.331 e. The van der Waals surface area contributed by atoms with Crippen molar-refractivity contribution in [3.05, 3.63) is 99.3 Å². The summed E-state index contributed by atoms with van der Waals surface area (Å²) in [5.41, 5.74) is -3.37. The van der Waals surface area contributed by atoms with E-state index in [1.807, 2.05) is 11.1 Å². The van der Waals surface area contributed by atoms with Crippen LogP contribution >= 0.6 is 8.18 Å². The predicted octanol–water partition coefficient (Wildman–Crippen LogP) is 2.36. The minimum absolute atomic E-state index is 0.0431. The van der Waals surface area contributed by atoms with Crippen molar-refractivity contribution in [2.75, 3.05) is 6.61 Å². The molecule has 214 valence electrons. The van der Waals surface area contributed by atoms with Gasteiger partial charge in [-0.05, 0) is 31.5 Å². The van der Waals surface area contributed by atoms with Crippen LogP contribution in [0.2, 0.25) is 0 Å². The third-order valence-electron chi connectivity index (χ3n) is 6.24. The highest BCUT2D eigenvalue weighted by atomic mass is 31.1. The number of rotatable bonds is 11. The number of aromatic nitrogens is 2. The second-order valence-electron chi connectivity index (χ2n) is 9.21. The number of halogens is 1. The number of aliphatic hydroxyl groups is 1. The summed E-state index contributed by atoms with van der Waals surface area (Å²) in [4.78, 5) is 44.9. The molecule has 2 heterocycles. The Hall–Kier alpha value is -3.61. The van der Waals surface area contributed by atoms with E-state index in [9.17, 15) is 24.1 Å². The number of esters is 1. The first kappa shape index (κ1) is 29.4. The summed E-state index contributed by atoms with van der Waals surface area (Å²) in [5, 5.41) is 10.7. The molecule has 1 aliphatic rings. The van der Waals surface area contributed by atoms with E-state index in [1.165, 1.54) is 6.92 Å². The number of nitrogens with one attached hydrogen (secondary N) is 1. The van der Waals surface area contributed by atoms with Crippen LogP contribution in [0.4, 0.5) is 4.39 Å². The molecule has 40 heavy (non-hydrogen) atoms. The van der Waals surface area contributed by atoms with Gasteiger partial charge in [-0.2, -0.15) is 0 Å². The quantitative estimate of drug-likeness (QED) is 0.198. The minimum Gasteiger partial charge on any atom is -0.460 e. The monoisotopic (exact) mass is 577 g/mol. The Kier molecular flexibility index (Phi) is 9.33. The predicted molar refractivity (Wildman–Crippen MR) is 140 cm³/mol. The number of hydroxylamine groups is 1. The fraction of sp³-hybridized carbons (Fsp3) is 0.346. The number of aliphatic hydroxyl groups excluding tert-OH is 1. The van der Waals surface area contributed by atoms with E-state index in [2.05, 4.69) is 0 Å². The fourth-order valence-corrected chi connectivity index (χ4v) is 5.05. The zero-order chi connectivity index (χ0) is 28.9. The number of nitrogens with zero attached hydrogens (tertiary/aromatic N) is 2. The third-order valence-corrected chi connectivity index (χ3v) is 7.53. The normalized spacial score (nSPS) is 24.0. The van der Waals surface area contributed by atoms with Crippen LogP contribution in [-0.4, -0.2) is 56.0 Å². The molecule has 2 aromatic carbocycles. The molecule has 0 aliphatic carbocycles. The largest absolute Gasteiger partial charge is 0.460 e. The van der Waals surface area contributed by atoms with Crippen LogP contribution in [0.1, 0.15) is 25.6 Å². The summed E-state index contributed by atoms with van der Waals surface area (Å²) in [6.45, 7) is 1.80. The Balaban J connectivity index is 1.49. The fourth-order valence-electron chi connectivity index (χ4n) is 4.02. The second kappa shape index (κ2) is 12.7. The first-order chi connectivity index (χ1) is 19.1. The lowest BCUT2D eigenvalue weighted by Crippen LogP contribution is -2.44. The lowest BCUT2D eigenvalue weighted by atomic mass is 9.98. The summed E-state index contributed by atoms with van der Waals surface area (Å²) in [6, 6.07) is 16.9. The van der Waals surface area contributed by atoms with Gasteiger partial charge in [0.25, 0.3) is 5.56 Å². The van der Waals surface area contributed by atoms with Gasteiger partial charge in [0, 0.05) is 12.3 Å². The maximum atomic E-state index is 15.6. The number of benzene rings is 2. The average Bonchev–Trinajstić information content (AvgIpc) is 3.16. The van der Waals surface area contributed by atoms with Crippen LogP contribution in [0.15, 0.2) is 82.5 Å². The number of ether oxygens (including phenoxy) is 2. The molecule has 1 unspecified atom stereocenters. The molecule has 1 fully saturated rings. The molecular weight excluding hydrogens is 548 g/mol. The average molecular weight is 578 g/mol. The van der Waals surface area contributed by atoms with E-state index in [-0.39, 0.29) is 12.4 Å². The van der Waals surface area contributed by atoms with Gasteiger partial charge >= 0.3 is 19.8 Å². The second-order valence-corrected chi connectivity index (χ2v) is 10.4. The summed E-state index contributed by atoms with van der Waals surface area (Å²) in [5.74, 6) is -0.532. The van der Waals surface area contributed by atoms with Crippen molar-refractivity contribution in [3.63, 3.8) is 0 Å². The topological polar surface area (TPSA) is 149 Å². The van der Waals surface area contributed by atoms with Crippen molar-refractivity contribution < 1.29 is 37.7 Å². The summed E-state index contributed by atoms with van der Waals surface area (Å²) in [7, 11) is -3.28. The molecular formula is C26H29FN3O9P. The van der Waals surface area contributed by atoms with E-state index in [4.69, 9.17) is 18.8 Å². The van der Waals surface area contributed by atoms with Crippen LogP contribution < -0.4 is 15.8 Å². The molecule has 0 spiro atoms. The van der Waals surface area contributed by atoms with Gasteiger partial charge in [-0.3, -0.25) is 28.5 Å². The number of hydrogen-bond donors (Lipinski definition) is 2. The SMILES string of the molecule is C[C@@H](C(=O)OCc1ccccc1)N(OC[C@H]1O[C@@H](n2ccc(=O)[nH]c2=O)[C@](C)(F)[C@@H]1O)[PH](=O)Oc1ccccc1.